The van der Waals surface area contributed by atoms with Crippen molar-refractivity contribution in [2.45, 2.75) is 75.8 Å². The molecule has 0 spiro atoms. The highest BCUT2D eigenvalue weighted by atomic mass is 19.4. The average Bonchev–Trinajstić information content (AvgIpc) is 3.33. The summed E-state index contributed by atoms with van der Waals surface area (Å²) in [5, 5.41) is 15.6. The third-order valence-corrected chi connectivity index (χ3v) is 9.40. The molecule has 2 N–H and O–H groups in total. The van der Waals surface area contributed by atoms with E-state index in [4.69, 9.17) is 4.74 Å². The molecule has 4 saturated carbocycles. The maximum absolute atomic E-state index is 14.1. The lowest BCUT2D eigenvalue weighted by molar-refractivity contribution is -0.337. The van der Waals surface area contributed by atoms with Crippen molar-refractivity contribution >= 4 is 22.8 Å². The molecule has 14 heteroatoms. The molecule has 1 amide bonds. The molecule has 0 radical (unpaired) electrons. The molecule has 8 rings (SSSR count). The Bertz CT molecular complexity index is 1600. The zero-order chi connectivity index (χ0) is 28.7. The van der Waals surface area contributed by atoms with Crippen LogP contribution in [0.2, 0.25) is 0 Å². The van der Waals surface area contributed by atoms with E-state index >= 15 is 0 Å². The van der Waals surface area contributed by atoms with E-state index < -0.39 is 23.0 Å². The average molecular weight is 573 g/mol. The second kappa shape index (κ2) is 8.91. The smallest absolute Gasteiger partial charge is 0.394 e. The van der Waals surface area contributed by atoms with Crippen LogP contribution in [0.3, 0.4) is 0 Å². The fourth-order valence-corrected chi connectivity index (χ4v) is 7.31. The lowest BCUT2D eigenvalue weighted by atomic mass is 9.39. The van der Waals surface area contributed by atoms with Crippen LogP contribution in [0, 0.1) is 5.41 Å². The number of amides is 1. The molecule has 0 unspecified atom stereocenters. The standard InChI is InChI=1S/C27H31F3N8O3/c1-3-17-22(36-9-8-31-16-4-5-18(16)36)23(40)21-24(35-38(34-21)15-6-7-32-20(10-15)41-2)37(17)11-19(39)33-26-12-25(13-26,14-26)27(28,29)30/h6-7,10,16,18,31H,3-5,8-9,11-14H2,1-2H3,(H,33,39)/t16-,18-,25?,26?/m0/s1. The number of nitrogens with one attached hydrogen (secondary N) is 2. The van der Waals surface area contributed by atoms with Crippen molar-refractivity contribution in [1.29, 1.82) is 0 Å². The van der Waals surface area contributed by atoms with Crippen LogP contribution in [-0.2, 0) is 17.8 Å². The van der Waals surface area contributed by atoms with Gasteiger partial charge in [-0.15, -0.1) is 15.0 Å². The Kier molecular flexibility index (Phi) is 5.70. The van der Waals surface area contributed by atoms with Gasteiger partial charge in [0.1, 0.15) is 12.2 Å². The minimum absolute atomic E-state index is 0.0927. The highest BCUT2D eigenvalue weighted by Crippen LogP contribution is 2.73. The minimum Gasteiger partial charge on any atom is -0.481 e. The molecule has 3 aromatic rings. The third-order valence-electron chi connectivity index (χ3n) is 9.40. The topological polar surface area (TPSA) is 119 Å². The number of nitrogens with zero attached hydrogens (tertiary/aromatic N) is 6. The highest BCUT2D eigenvalue weighted by Gasteiger charge is 2.78. The Morgan fingerprint density at radius 1 is 1.24 bits per heavy atom. The van der Waals surface area contributed by atoms with Crippen LogP contribution in [0.4, 0.5) is 18.9 Å². The molecule has 11 nitrogen and oxygen atoms in total. The van der Waals surface area contributed by atoms with Gasteiger partial charge in [0.05, 0.1) is 18.2 Å². The zero-order valence-corrected chi connectivity index (χ0v) is 22.8. The van der Waals surface area contributed by atoms with E-state index in [0.717, 1.165) is 19.4 Å². The van der Waals surface area contributed by atoms with Crippen LogP contribution >= 0.6 is 0 Å². The van der Waals surface area contributed by atoms with Crippen molar-refractivity contribution in [2.24, 2.45) is 5.41 Å². The van der Waals surface area contributed by atoms with Gasteiger partial charge in [0.25, 0.3) is 0 Å². The Labute approximate surface area is 233 Å². The van der Waals surface area contributed by atoms with Gasteiger partial charge in [0.2, 0.25) is 17.2 Å². The molecule has 2 atom stereocenters. The van der Waals surface area contributed by atoms with E-state index in [0.29, 0.717) is 42.0 Å². The normalized spacial score (nSPS) is 28.4. The molecule has 41 heavy (non-hydrogen) atoms. The molecule has 3 aromatic heterocycles. The molecule has 4 heterocycles. The SMILES string of the molecule is CCc1c(N2CCN[C@H]3CC[C@@H]32)c(=O)c2nn(-c3ccnc(OC)c3)nc2n1CC(=O)NC12CC(C(F)(F)F)(C1)C2. The second-order valence-electron chi connectivity index (χ2n) is 11.8. The van der Waals surface area contributed by atoms with E-state index in [1.807, 2.05) is 6.92 Å². The van der Waals surface area contributed by atoms with E-state index in [9.17, 15) is 22.8 Å². The zero-order valence-electron chi connectivity index (χ0n) is 22.8. The molecule has 5 fully saturated rings. The summed E-state index contributed by atoms with van der Waals surface area (Å²) in [6.07, 6.45) is -0.562. The first-order valence-corrected chi connectivity index (χ1v) is 14.0. The van der Waals surface area contributed by atoms with Gasteiger partial charge in [-0.2, -0.15) is 13.2 Å². The number of alkyl halides is 3. The van der Waals surface area contributed by atoms with Gasteiger partial charge in [0, 0.05) is 48.7 Å². The molecule has 0 aromatic carbocycles. The summed E-state index contributed by atoms with van der Waals surface area (Å²) in [7, 11) is 1.49. The van der Waals surface area contributed by atoms with Crippen LogP contribution in [0.25, 0.3) is 16.9 Å². The Hall–Kier alpha value is -3.68. The summed E-state index contributed by atoms with van der Waals surface area (Å²) in [6, 6.07) is 3.78. The van der Waals surface area contributed by atoms with Gasteiger partial charge in [-0.3, -0.25) is 9.59 Å². The predicted molar refractivity (Wildman–Crippen MR) is 142 cm³/mol. The van der Waals surface area contributed by atoms with Crippen molar-refractivity contribution in [3.63, 3.8) is 0 Å². The summed E-state index contributed by atoms with van der Waals surface area (Å²) in [4.78, 5) is 35.0. The fraction of sp³-hybridized carbons (Fsp3) is 0.593. The number of ether oxygens (including phenoxy) is 1. The largest absolute Gasteiger partial charge is 0.481 e. The summed E-state index contributed by atoms with van der Waals surface area (Å²) >= 11 is 0. The number of fused-ring (bicyclic) bond motifs is 2. The van der Waals surface area contributed by atoms with Gasteiger partial charge < -0.3 is 24.8 Å². The first-order chi connectivity index (χ1) is 19.6. The molecule has 5 aliphatic rings. The van der Waals surface area contributed by atoms with Crippen molar-refractivity contribution in [3.05, 3.63) is 34.2 Å². The number of anilines is 1. The number of piperazine rings is 1. The molecule has 1 saturated heterocycles. The number of hydrogen-bond acceptors (Lipinski definition) is 8. The lowest BCUT2D eigenvalue weighted by Gasteiger charge is -2.70. The molecule has 2 bridgehead atoms. The fourth-order valence-electron chi connectivity index (χ4n) is 7.31. The number of rotatable bonds is 7. The monoisotopic (exact) mass is 572 g/mol. The van der Waals surface area contributed by atoms with Crippen LogP contribution in [0.1, 0.15) is 44.7 Å². The highest BCUT2D eigenvalue weighted by molar-refractivity contribution is 5.82. The minimum atomic E-state index is -4.26. The van der Waals surface area contributed by atoms with Crippen LogP contribution in [0.15, 0.2) is 23.1 Å². The molecular formula is C27H31F3N8O3. The molecule has 4 aliphatic carbocycles. The predicted octanol–water partition coefficient (Wildman–Crippen LogP) is 2.09. The van der Waals surface area contributed by atoms with Crippen molar-refractivity contribution in [3.8, 4) is 11.6 Å². The van der Waals surface area contributed by atoms with Gasteiger partial charge in [-0.05, 0) is 44.6 Å². The first kappa shape index (κ1) is 26.2. The summed E-state index contributed by atoms with van der Waals surface area (Å²) in [5.74, 6) is -0.0616. The number of pyridine rings is 2. The van der Waals surface area contributed by atoms with Gasteiger partial charge in [-0.25, -0.2) is 4.98 Å². The summed E-state index contributed by atoms with van der Waals surface area (Å²) < 4.78 is 47.1. The number of hydrogen-bond donors (Lipinski definition) is 2. The summed E-state index contributed by atoms with van der Waals surface area (Å²) in [5.41, 5.74) is -0.664. The van der Waals surface area contributed by atoms with Gasteiger partial charge >= 0.3 is 6.18 Å². The van der Waals surface area contributed by atoms with E-state index in [-0.39, 0.29) is 48.4 Å². The van der Waals surface area contributed by atoms with Gasteiger partial charge in [0.15, 0.2) is 11.2 Å². The maximum atomic E-state index is 14.1. The second-order valence-corrected chi connectivity index (χ2v) is 11.8. The van der Waals surface area contributed by atoms with E-state index in [1.54, 1.807) is 22.9 Å². The lowest BCUT2D eigenvalue weighted by Crippen LogP contribution is -2.78. The molecule has 1 aliphatic heterocycles. The third kappa shape index (κ3) is 3.86. The van der Waals surface area contributed by atoms with Crippen LogP contribution < -0.4 is 25.7 Å². The number of aromatic nitrogens is 5. The van der Waals surface area contributed by atoms with Crippen LogP contribution in [0.5, 0.6) is 5.88 Å². The summed E-state index contributed by atoms with van der Waals surface area (Å²) in [6.45, 7) is 3.10. The van der Waals surface area contributed by atoms with Crippen molar-refractivity contribution < 1.29 is 22.7 Å². The maximum Gasteiger partial charge on any atom is 0.394 e. The first-order valence-electron chi connectivity index (χ1n) is 14.0. The molecular weight excluding hydrogens is 541 g/mol. The number of carbonyl (C=O) groups is 1. The Balaban J connectivity index is 1.30. The molecule has 218 valence electrons. The number of carbonyl (C=O) groups excluding carboxylic acids is 1. The van der Waals surface area contributed by atoms with Crippen molar-refractivity contribution in [1.82, 2.24) is 35.2 Å². The Morgan fingerprint density at radius 3 is 2.68 bits per heavy atom. The quantitative estimate of drug-likeness (QED) is 0.442. The van der Waals surface area contributed by atoms with Crippen molar-refractivity contribution in [2.75, 3.05) is 25.1 Å². The van der Waals surface area contributed by atoms with Gasteiger partial charge in [-0.1, -0.05) is 6.92 Å². The van der Waals surface area contributed by atoms with Crippen LogP contribution in [-0.4, -0.2) is 74.5 Å². The number of halogens is 3. The Morgan fingerprint density at radius 2 is 2.02 bits per heavy atom. The van der Waals surface area contributed by atoms with E-state index in [2.05, 4.69) is 30.7 Å². The number of methoxy groups -OCH3 is 1. The van der Waals surface area contributed by atoms with E-state index in [1.165, 1.54) is 11.9 Å².